The van der Waals surface area contributed by atoms with Gasteiger partial charge in [0.05, 0.1) is 16.2 Å². The van der Waals surface area contributed by atoms with E-state index in [1.165, 1.54) is 23.8 Å². The third-order valence-electron chi connectivity index (χ3n) is 3.81. The van der Waals surface area contributed by atoms with Crippen LogP contribution >= 0.6 is 11.5 Å². The molecule has 0 aliphatic carbocycles. The van der Waals surface area contributed by atoms with Crippen LogP contribution in [0.5, 0.6) is 0 Å². The highest BCUT2D eigenvalue weighted by molar-refractivity contribution is 7.03. The number of nitrogens with zero attached hydrogens (tertiary/aromatic N) is 5. The second kappa shape index (κ2) is 6.29. The molecule has 9 heteroatoms. The molecule has 0 atom stereocenters. The Hall–Kier alpha value is -2.55. The molecule has 0 bridgehead atoms. The highest BCUT2D eigenvalue weighted by atomic mass is 32.1. The summed E-state index contributed by atoms with van der Waals surface area (Å²) in [5.74, 6) is 0.698. The first-order valence-electron chi connectivity index (χ1n) is 7.12. The van der Waals surface area contributed by atoms with Crippen LogP contribution in [-0.2, 0) is 0 Å². The molecular formula is C14H15N5O3S. The van der Waals surface area contributed by atoms with Crippen molar-refractivity contribution >= 4 is 28.9 Å². The molecule has 0 saturated carbocycles. The number of rotatable bonds is 3. The first kappa shape index (κ1) is 15.3. The van der Waals surface area contributed by atoms with Gasteiger partial charge >= 0.3 is 0 Å². The van der Waals surface area contributed by atoms with Crippen molar-refractivity contribution in [3.63, 3.8) is 0 Å². The summed E-state index contributed by atoms with van der Waals surface area (Å²) in [6, 6.07) is 3.09. The van der Waals surface area contributed by atoms with E-state index in [0.717, 1.165) is 5.69 Å². The zero-order valence-electron chi connectivity index (χ0n) is 12.5. The third-order valence-corrected chi connectivity index (χ3v) is 4.53. The van der Waals surface area contributed by atoms with Gasteiger partial charge in [-0.1, -0.05) is 0 Å². The van der Waals surface area contributed by atoms with E-state index >= 15 is 0 Å². The van der Waals surface area contributed by atoms with Gasteiger partial charge in [0, 0.05) is 37.6 Å². The van der Waals surface area contributed by atoms with Crippen LogP contribution in [0.4, 0.5) is 11.5 Å². The van der Waals surface area contributed by atoms with Gasteiger partial charge in [0.15, 0.2) is 0 Å². The van der Waals surface area contributed by atoms with Gasteiger partial charge in [-0.25, -0.2) is 4.98 Å². The number of aromatic nitrogens is 2. The summed E-state index contributed by atoms with van der Waals surface area (Å²) in [4.78, 5) is 30.6. The van der Waals surface area contributed by atoms with Crippen LogP contribution in [-0.4, -0.2) is 51.3 Å². The molecular weight excluding hydrogens is 318 g/mol. The highest BCUT2D eigenvalue weighted by Crippen LogP contribution is 2.19. The lowest BCUT2D eigenvalue weighted by Gasteiger charge is -2.35. The molecule has 0 N–H and O–H groups in total. The van der Waals surface area contributed by atoms with E-state index in [9.17, 15) is 14.9 Å². The van der Waals surface area contributed by atoms with Crippen molar-refractivity contribution in [2.75, 3.05) is 31.1 Å². The number of carbonyl (C=O) groups is 1. The first-order chi connectivity index (χ1) is 11.1. The topological polar surface area (TPSA) is 92.5 Å². The molecule has 1 fully saturated rings. The normalized spacial score (nSPS) is 14.8. The molecule has 120 valence electrons. The van der Waals surface area contributed by atoms with E-state index in [1.807, 2.05) is 11.8 Å². The van der Waals surface area contributed by atoms with Crippen LogP contribution in [0.3, 0.4) is 0 Å². The van der Waals surface area contributed by atoms with Crippen molar-refractivity contribution < 1.29 is 9.72 Å². The van der Waals surface area contributed by atoms with E-state index in [-0.39, 0.29) is 11.6 Å². The van der Waals surface area contributed by atoms with E-state index in [2.05, 4.69) is 9.36 Å². The van der Waals surface area contributed by atoms with Crippen LogP contribution in [0.2, 0.25) is 0 Å². The minimum absolute atomic E-state index is 0.00700. The third kappa shape index (κ3) is 3.14. The monoisotopic (exact) mass is 333 g/mol. The number of hydrogen-bond donors (Lipinski definition) is 0. The smallest absolute Gasteiger partial charge is 0.287 e. The molecule has 8 nitrogen and oxygen atoms in total. The quantitative estimate of drug-likeness (QED) is 0.627. The molecule has 1 aliphatic heterocycles. The minimum atomic E-state index is -0.468. The molecule has 0 aromatic carbocycles. The van der Waals surface area contributed by atoms with Crippen LogP contribution in [0.1, 0.15) is 16.1 Å². The zero-order chi connectivity index (χ0) is 16.4. The molecule has 2 aromatic heterocycles. The Kier molecular flexibility index (Phi) is 4.20. The predicted octanol–water partition coefficient (Wildman–Crippen LogP) is 1.72. The molecule has 0 spiro atoms. The lowest BCUT2D eigenvalue weighted by Crippen LogP contribution is -2.49. The lowest BCUT2D eigenvalue weighted by atomic mass is 10.2. The van der Waals surface area contributed by atoms with Crippen molar-refractivity contribution in [2.24, 2.45) is 0 Å². The Morgan fingerprint density at radius 1 is 1.30 bits per heavy atom. The van der Waals surface area contributed by atoms with Gasteiger partial charge in [-0.05, 0) is 24.5 Å². The SMILES string of the molecule is Cc1nscc1C(=O)N1CCN(c2ccc([N+](=O)[O-])cn2)CC1. The Morgan fingerprint density at radius 2 is 2.04 bits per heavy atom. The summed E-state index contributed by atoms with van der Waals surface area (Å²) in [5, 5.41) is 12.4. The lowest BCUT2D eigenvalue weighted by molar-refractivity contribution is -0.385. The fourth-order valence-electron chi connectivity index (χ4n) is 2.48. The maximum absolute atomic E-state index is 12.4. The molecule has 1 saturated heterocycles. The predicted molar refractivity (Wildman–Crippen MR) is 85.9 cm³/mol. The summed E-state index contributed by atoms with van der Waals surface area (Å²) in [7, 11) is 0. The van der Waals surface area contributed by atoms with E-state index in [4.69, 9.17) is 0 Å². The second-order valence-electron chi connectivity index (χ2n) is 5.22. The number of nitro groups is 1. The second-order valence-corrected chi connectivity index (χ2v) is 5.85. The molecule has 0 radical (unpaired) electrons. The summed E-state index contributed by atoms with van der Waals surface area (Å²) in [6.45, 7) is 4.31. The van der Waals surface area contributed by atoms with Crippen molar-refractivity contribution in [3.8, 4) is 0 Å². The van der Waals surface area contributed by atoms with Gasteiger partial charge in [0.1, 0.15) is 12.0 Å². The average Bonchev–Trinajstić information content (AvgIpc) is 3.00. The first-order valence-corrected chi connectivity index (χ1v) is 7.95. The minimum Gasteiger partial charge on any atom is -0.353 e. The maximum Gasteiger partial charge on any atom is 0.287 e. The summed E-state index contributed by atoms with van der Waals surface area (Å²) in [6.07, 6.45) is 1.26. The number of amides is 1. The number of pyridine rings is 1. The van der Waals surface area contributed by atoms with Crippen LogP contribution < -0.4 is 4.90 Å². The van der Waals surface area contributed by atoms with Crippen LogP contribution in [0.25, 0.3) is 0 Å². The molecule has 2 aromatic rings. The zero-order valence-corrected chi connectivity index (χ0v) is 13.3. The molecule has 23 heavy (non-hydrogen) atoms. The number of carbonyl (C=O) groups excluding carboxylic acids is 1. The number of hydrogen-bond acceptors (Lipinski definition) is 7. The van der Waals surface area contributed by atoms with Gasteiger partial charge < -0.3 is 9.80 Å². The molecule has 3 rings (SSSR count). The van der Waals surface area contributed by atoms with Gasteiger partial charge in [-0.15, -0.1) is 0 Å². The van der Waals surface area contributed by atoms with E-state index in [0.29, 0.717) is 37.6 Å². The Labute approximate surface area is 136 Å². The van der Waals surface area contributed by atoms with Crippen LogP contribution in [0.15, 0.2) is 23.7 Å². The molecule has 1 amide bonds. The maximum atomic E-state index is 12.4. The van der Waals surface area contributed by atoms with E-state index < -0.39 is 4.92 Å². The Morgan fingerprint density at radius 3 is 2.57 bits per heavy atom. The van der Waals surface area contributed by atoms with Crippen molar-refractivity contribution in [1.82, 2.24) is 14.3 Å². The van der Waals surface area contributed by atoms with Crippen LogP contribution in [0, 0.1) is 17.0 Å². The summed E-state index contributed by atoms with van der Waals surface area (Å²) < 4.78 is 4.14. The van der Waals surface area contributed by atoms with Gasteiger partial charge in [-0.3, -0.25) is 14.9 Å². The molecule has 3 heterocycles. The number of aryl methyl sites for hydroxylation is 1. The molecule has 0 unspecified atom stereocenters. The number of piperazine rings is 1. The highest BCUT2D eigenvalue weighted by Gasteiger charge is 2.24. The Bertz CT molecular complexity index is 722. The van der Waals surface area contributed by atoms with Crippen molar-refractivity contribution in [3.05, 3.63) is 45.1 Å². The fraction of sp³-hybridized carbons (Fsp3) is 0.357. The number of anilines is 1. The van der Waals surface area contributed by atoms with Crippen molar-refractivity contribution in [2.45, 2.75) is 6.92 Å². The van der Waals surface area contributed by atoms with Gasteiger partial charge in [-0.2, -0.15) is 4.37 Å². The van der Waals surface area contributed by atoms with E-state index in [1.54, 1.807) is 16.3 Å². The summed E-state index contributed by atoms with van der Waals surface area (Å²) >= 11 is 1.29. The fourth-order valence-corrected chi connectivity index (χ4v) is 3.17. The molecule has 1 aliphatic rings. The van der Waals surface area contributed by atoms with Gasteiger partial charge in [0.2, 0.25) is 0 Å². The Balaban J connectivity index is 1.63. The largest absolute Gasteiger partial charge is 0.353 e. The average molecular weight is 333 g/mol. The van der Waals surface area contributed by atoms with Crippen molar-refractivity contribution in [1.29, 1.82) is 0 Å². The standard InChI is InChI=1S/C14H15N5O3S/c1-10-12(9-23-16-10)14(20)18-6-4-17(5-7-18)13-3-2-11(8-15-13)19(21)22/h2-3,8-9H,4-7H2,1H3. The van der Waals surface area contributed by atoms with Gasteiger partial charge in [0.25, 0.3) is 11.6 Å². The summed E-state index contributed by atoms with van der Waals surface area (Å²) in [5.41, 5.74) is 1.40.